The third-order valence-corrected chi connectivity index (χ3v) is 13.9. The van der Waals surface area contributed by atoms with E-state index in [1.807, 2.05) is 32.4 Å². The van der Waals surface area contributed by atoms with Gasteiger partial charge in [-0.3, -0.25) is 0 Å². The first-order valence-corrected chi connectivity index (χ1v) is 17.1. The standard InChI is InChI=1S/C22H38N2S6/c1-17-9-10-19(15-20(17)28-30-22(26)24-13-7-4-8-14-24)18(2)16-27-29-21(25)23-11-5-3-6-12-23/h17-20H,3-16H2,1-2H3. The van der Waals surface area contributed by atoms with Crippen molar-refractivity contribution in [2.45, 2.75) is 76.9 Å². The number of hydrogen-bond acceptors (Lipinski definition) is 6. The molecule has 0 aromatic rings. The van der Waals surface area contributed by atoms with Gasteiger partial charge in [-0.2, -0.15) is 0 Å². The van der Waals surface area contributed by atoms with Crippen molar-refractivity contribution in [2.75, 3.05) is 31.9 Å². The molecule has 3 rings (SSSR count). The highest BCUT2D eigenvalue weighted by atomic mass is 33.1. The van der Waals surface area contributed by atoms with Crippen molar-refractivity contribution in [3.63, 3.8) is 0 Å². The third-order valence-electron chi connectivity index (χ3n) is 6.90. The molecule has 3 fully saturated rings. The van der Waals surface area contributed by atoms with Crippen LogP contribution in [-0.2, 0) is 0 Å². The van der Waals surface area contributed by atoms with E-state index in [9.17, 15) is 0 Å². The maximum Gasteiger partial charge on any atom is 0.147 e. The summed E-state index contributed by atoms with van der Waals surface area (Å²) >= 11 is 11.4. The van der Waals surface area contributed by atoms with E-state index in [1.165, 1.54) is 89.7 Å². The smallest absolute Gasteiger partial charge is 0.147 e. The third kappa shape index (κ3) is 8.19. The molecule has 0 amide bonds. The van der Waals surface area contributed by atoms with Gasteiger partial charge in [0.2, 0.25) is 0 Å². The fourth-order valence-corrected chi connectivity index (χ4v) is 11.1. The highest BCUT2D eigenvalue weighted by Gasteiger charge is 2.32. The SMILES string of the molecule is CC(CSSC(=S)N1CCCCC1)C1CCC(C)C(SSC(=S)N2CCCCC2)C1. The zero-order chi connectivity index (χ0) is 21.3. The molecule has 1 saturated carbocycles. The van der Waals surface area contributed by atoms with Crippen molar-refractivity contribution in [3.8, 4) is 0 Å². The molecule has 0 aromatic carbocycles. The van der Waals surface area contributed by atoms with Gasteiger partial charge in [0, 0.05) is 37.2 Å². The Labute approximate surface area is 211 Å². The van der Waals surface area contributed by atoms with E-state index in [0.717, 1.165) is 31.6 Å². The normalized spacial score (nSPS) is 28.9. The predicted octanol–water partition coefficient (Wildman–Crippen LogP) is 7.73. The van der Waals surface area contributed by atoms with Crippen LogP contribution in [0.15, 0.2) is 0 Å². The second-order valence-electron chi connectivity index (χ2n) is 9.24. The largest absolute Gasteiger partial charge is 0.357 e. The van der Waals surface area contributed by atoms with Crippen LogP contribution in [0.5, 0.6) is 0 Å². The van der Waals surface area contributed by atoms with Crippen LogP contribution in [0.25, 0.3) is 0 Å². The molecule has 0 spiro atoms. The summed E-state index contributed by atoms with van der Waals surface area (Å²) in [5, 5.41) is 0.742. The van der Waals surface area contributed by atoms with Gasteiger partial charge < -0.3 is 9.80 Å². The monoisotopic (exact) mass is 522 g/mol. The summed E-state index contributed by atoms with van der Waals surface area (Å²) in [5.41, 5.74) is 0. The Morgan fingerprint density at radius 3 is 2.03 bits per heavy atom. The Balaban J connectivity index is 1.36. The van der Waals surface area contributed by atoms with Gasteiger partial charge in [0.15, 0.2) is 0 Å². The van der Waals surface area contributed by atoms with Gasteiger partial charge in [0.25, 0.3) is 0 Å². The summed E-state index contributed by atoms with van der Waals surface area (Å²) in [6, 6.07) is 0. The zero-order valence-corrected chi connectivity index (χ0v) is 23.5. The molecule has 3 aliphatic rings. The number of rotatable bonds is 6. The van der Waals surface area contributed by atoms with Crippen LogP contribution in [0.2, 0.25) is 0 Å². The molecule has 0 N–H and O–H groups in total. The number of nitrogens with zero attached hydrogens (tertiary/aromatic N) is 2. The molecule has 2 aliphatic heterocycles. The van der Waals surface area contributed by atoms with Crippen LogP contribution in [0, 0.1) is 17.8 Å². The number of hydrogen-bond donors (Lipinski definition) is 0. The highest BCUT2D eigenvalue weighted by molar-refractivity contribution is 8.84. The van der Waals surface area contributed by atoms with E-state index in [1.54, 1.807) is 0 Å². The fraction of sp³-hybridized carbons (Fsp3) is 0.909. The Kier molecular flexibility index (Phi) is 11.9. The first-order chi connectivity index (χ1) is 14.5. The Bertz CT molecular complexity index is 548. The van der Waals surface area contributed by atoms with Crippen molar-refractivity contribution in [3.05, 3.63) is 0 Å². The van der Waals surface area contributed by atoms with E-state index < -0.39 is 0 Å². The summed E-state index contributed by atoms with van der Waals surface area (Å²) in [7, 11) is 7.80. The topological polar surface area (TPSA) is 6.48 Å². The summed E-state index contributed by atoms with van der Waals surface area (Å²) in [5.74, 6) is 3.64. The number of thiocarbonyl (C=S) groups is 2. The second-order valence-corrected chi connectivity index (χ2v) is 15.3. The van der Waals surface area contributed by atoms with Crippen LogP contribution in [-0.4, -0.2) is 55.6 Å². The first kappa shape index (κ1) is 25.8. The lowest BCUT2D eigenvalue weighted by molar-refractivity contribution is 0.245. The Morgan fingerprint density at radius 1 is 0.867 bits per heavy atom. The molecule has 172 valence electrons. The van der Waals surface area contributed by atoms with Crippen LogP contribution in [0.3, 0.4) is 0 Å². The van der Waals surface area contributed by atoms with Crippen molar-refractivity contribution < 1.29 is 0 Å². The van der Waals surface area contributed by atoms with Crippen LogP contribution < -0.4 is 0 Å². The van der Waals surface area contributed by atoms with Gasteiger partial charge in [-0.25, -0.2) is 0 Å². The number of likely N-dealkylation sites (tertiary alicyclic amines) is 2. The molecule has 8 heteroatoms. The minimum Gasteiger partial charge on any atom is -0.357 e. The average Bonchev–Trinajstić information content (AvgIpc) is 2.79. The second kappa shape index (κ2) is 13.8. The maximum absolute atomic E-state index is 5.74. The molecule has 2 heterocycles. The molecule has 4 unspecified atom stereocenters. The average molecular weight is 523 g/mol. The van der Waals surface area contributed by atoms with E-state index in [0.29, 0.717) is 0 Å². The molecule has 4 atom stereocenters. The molecule has 0 radical (unpaired) electrons. The minimum absolute atomic E-state index is 0.742. The lowest BCUT2D eigenvalue weighted by atomic mass is 9.77. The Morgan fingerprint density at radius 2 is 1.43 bits per heavy atom. The molecular weight excluding hydrogens is 485 g/mol. The van der Waals surface area contributed by atoms with Gasteiger partial charge in [-0.05, 0) is 97.1 Å². The molecule has 2 saturated heterocycles. The quantitative estimate of drug-likeness (QED) is 0.255. The zero-order valence-electron chi connectivity index (χ0n) is 18.6. The lowest BCUT2D eigenvalue weighted by Gasteiger charge is -2.37. The van der Waals surface area contributed by atoms with E-state index in [-0.39, 0.29) is 0 Å². The summed E-state index contributed by atoms with van der Waals surface area (Å²) in [6.45, 7) is 9.58. The molecular formula is C22H38N2S6. The Hall–Kier alpha value is 1.18. The number of piperidine rings is 2. The minimum atomic E-state index is 0.742. The van der Waals surface area contributed by atoms with Crippen molar-refractivity contribution in [1.29, 1.82) is 0 Å². The maximum atomic E-state index is 5.74. The van der Waals surface area contributed by atoms with Gasteiger partial charge >= 0.3 is 0 Å². The predicted molar refractivity (Wildman–Crippen MR) is 151 cm³/mol. The fourth-order valence-electron chi connectivity index (χ4n) is 4.65. The van der Waals surface area contributed by atoms with Crippen LogP contribution in [0.4, 0.5) is 0 Å². The van der Waals surface area contributed by atoms with Crippen molar-refractivity contribution >= 4 is 76.3 Å². The summed E-state index contributed by atoms with van der Waals surface area (Å²) in [4.78, 5) is 4.85. The molecule has 2 nitrogen and oxygen atoms in total. The van der Waals surface area contributed by atoms with Crippen LogP contribution in [0.1, 0.15) is 71.6 Å². The summed E-state index contributed by atoms with van der Waals surface area (Å²) in [6.07, 6.45) is 12.1. The van der Waals surface area contributed by atoms with Gasteiger partial charge in [0.05, 0.1) is 0 Å². The van der Waals surface area contributed by atoms with Crippen molar-refractivity contribution in [2.24, 2.45) is 17.8 Å². The summed E-state index contributed by atoms with van der Waals surface area (Å²) < 4.78 is 2.24. The molecule has 0 bridgehead atoms. The van der Waals surface area contributed by atoms with Gasteiger partial charge in [-0.1, -0.05) is 59.9 Å². The molecule has 30 heavy (non-hydrogen) atoms. The van der Waals surface area contributed by atoms with Crippen LogP contribution >= 0.6 is 67.6 Å². The first-order valence-electron chi connectivity index (χ1n) is 11.7. The highest BCUT2D eigenvalue weighted by Crippen LogP contribution is 2.45. The van der Waals surface area contributed by atoms with Gasteiger partial charge in [0.1, 0.15) is 8.64 Å². The van der Waals surface area contributed by atoms with Crippen molar-refractivity contribution in [1.82, 2.24) is 9.80 Å². The van der Waals surface area contributed by atoms with E-state index in [2.05, 4.69) is 34.4 Å². The van der Waals surface area contributed by atoms with E-state index >= 15 is 0 Å². The van der Waals surface area contributed by atoms with E-state index in [4.69, 9.17) is 24.4 Å². The molecule has 1 aliphatic carbocycles. The lowest BCUT2D eigenvalue weighted by Crippen LogP contribution is -2.33. The van der Waals surface area contributed by atoms with Gasteiger partial charge in [-0.15, -0.1) is 0 Å². The molecule has 0 aromatic heterocycles.